The second-order valence-corrected chi connectivity index (χ2v) is 6.40. The summed E-state index contributed by atoms with van der Waals surface area (Å²) in [6, 6.07) is 14.1. The topological polar surface area (TPSA) is 38.3 Å². The summed E-state index contributed by atoms with van der Waals surface area (Å²) in [5.41, 5.74) is 4.61. The molecule has 1 aliphatic carbocycles. The van der Waals surface area contributed by atoms with E-state index < -0.39 is 0 Å². The van der Waals surface area contributed by atoms with E-state index in [4.69, 9.17) is 4.74 Å². The monoisotopic (exact) mass is 323 g/mol. The van der Waals surface area contributed by atoms with Crippen molar-refractivity contribution in [3.05, 3.63) is 64.7 Å². The van der Waals surface area contributed by atoms with Gasteiger partial charge in [0.2, 0.25) is 0 Å². The smallest absolute Gasteiger partial charge is 0.251 e. The molecule has 0 aromatic heterocycles. The average Bonchev–Trinajstić information content (AvgIpc) is 2.65. The third-order valence-corrected chi connectivity index (χ3v) is 4.84. The second kappa shape index (κ2) is 7.52. The SMILES string of the molecule is CC[C@H](NC(=O)c1ccc2c(c1)CCCC2)c1ccc(OC)cc1. The predicted molar refractivity (Wildman–Crippen MR) is 96.6 cm³/mol. The number of benzene rings is 2. The second-order valence-electron chi connectivity index (χ2n) is 6.40. The van der Waals surface area contributed by atoms with E-state index in [-0.39, 0.29) is 11.9 Å². The Bertz CT molecular complexity index is 706. The van der Waals surface area contributed by atoms with Crippen LogP contribution in [0.15, 0.2) is 42.5 Å². The molecule has 0 unspecified atom stereocenters. The van der Waals surface area contributed by atoms with Crippen molar-refractivity contribution < 1.29 is 9.53 Å². The van der Waals surface area contributed by atoms with Gasteiger partial charge in [-0.05, 0) is 73.1 Å². The number of rotatable bonds is 5. The van der Waals surface area contributed by atoms with E-state index in [9.17, 15) is 4.79 Å². The summed E-state index contributed by atoms with van der Waals surface area (Å²) < 4.78 is 5.20. The van der Waals surface area contributed by atoms with Crippen molar-refractivity contribution in [1.29, 1.82) is 0 Å². The van der Waals surface area contributed by atoms with Crippen LogP contribution in [0.5, 0.6) is 5.75 Å². The molecule has 126 valence electrons. The highest BCUT2D eigenvalue weighted by molar-refractivity contribution is 5.94. The minimum atomic E-state index is 0.00559. The van der Waals surface area contributed by atoms with E-state index in [1.165, 1.54) is 24.0 Å². The number of aryl methyl sites for hydroxylation is 2. The first-order chi connectivity index (χ1) is 11.7. The molecule has 0 heterocycles. The Balaban J connectivity index is 1.74. The molecule has 0 fully saturated rings. The van der Waals surface area contributed by atoms with Crippen molar-refractivity contribution in [2.75, 3.05) is 7.11 Å². The maximum Gasteiger partial charge on any atom is 0.251 e. The van der Waals surface area contributed by atoms with E-state index in [1.54, 1.807) is 7.11 Å². The van der Waals surface area contributed by atoms with Crippen molar-refractivity contribution in [1.82, 2.24) is 5.32 Å². The molecule has 0 aliphatic heterocycles. The van der Waals surface area contributed by atoms with Gasteiger partial charge in [-0.15, -0.1) is 0 Å². The summed E-state index contributed by atoms with van der Waals surface area (Å²) in [5.74, 6) is 0.834. The molecular formula is C21H25NO2. The van der Waals surface area contributed by atoms with Gasteiger partial charge in [0.05, 0.1) is 13.2 Å². The minimum absolute atomic E-state index is 0.00559. The zero-order valence-electron chi connectivity index (χ0n) is 14.5. The highest BCUT2D eigenvalue weighted by atomic mass is 16.5. The van der Waals surface area contributed by atoms with Crippen molar-refractivity contribution in [3.63, 3.8) is 0 Å². The zero-order chi connectivity index (χ0) is 16.9. The largest absolute Gasteiger partial charge is 0.497 e. The van der Waals surface area contributed by atoms with Crippen molar-refractivity contribution in [2.24, 2.45) is 0 Å². The molecule has 0 saturated heterocycles. The van der Waals surface area contributed by atoms with Gasteiger partial charge in [0.25, 0.3) is 5.91 Å². The summed E-state index contributed by atoms with van der Waals surface area (Å²) in [6.07, 6.45) is 5.56. The van der Waals surface area contributed by atoms with Crippen molar-refractivity contribution in [3.8, 4) is 5.75 Å². The molecule has 0 bridgehead atoms. The molecule has 3 rings (SSSR count). The van der Waals surface area contributed by atoms with Crippen LogP contribution in [0.25, 0.3) is 0 Å². The summed E-state index contributed by atoms with van der Waals surface area (Å²) >= 11 is 0. The van der Waals surface area contributed by atoms with Crippen LogP contribution >= 0.6 is 0 Å². The van der Waals surface area contributed by atoms with Crippen LogP contribution in [0.2, 0.25) is 0 Å². The van der Waals surface area contributed by atoms with Gasteiger partial charge in [0.1, 0.15) is 5.75 Å². The molecule has 1 N–H and O–H groups in total. The van der Waals surface area contributed by atoms with E-state index in [2.05, 4.69) is 24.4 Å². The number of fused-ring (bicyclic) bond motifs is 1. The molecule has 3 nitrogen and oxygen atoms in total. The van der Waals surface area contributed by atoms with Crippen LogP contribution < -0.4 is 10.1 Å². The summed E-state index contributed by atoms with van der Waals surface area (Å²) in [7, 11) is 1.66. The summed E-state index contributed by atoms with van der Waals surface area (Å²) in [5, 5.41) is 3.16. The van der Waals surface area contributed by atoms with E-state index in [0.717, 1.165) is 36.1 Å². The Hall–Kier alpha value is -2.29. The Morgan fingerprint density at radius 1 is 1.08 bits per heavy atom. The van der Waals surface area contributed by atoms with Crippen LogP contribution in [0.1, 0.15) is 59.3 Å². The molecule has 0 saturated carbocycles. The number of carbonyl (C=O) groups is 1. The van der Waals surface area contributed by atoms with Crippen LogP contribution in [-0.2, 0) is 12.8 Å². The van der Waals surface area contributed by atoms with Gasteiger partial charge in [0, 0.05) is 5.56 Å². The first kappa shape index (κ1) is 16.6. The first-order valence-electron chi connectivity index (χ1n) is 8.78. The fourth-order valence-electron chi connectivity index (χ4n) is 3.37. The number of hydrogen-bond donors (Lipinski definition) is 1. The Morgan fingerprint density at radius 2 is 1.79 bits per heavy atom. The number of nitrogens with one attached hydrogen (secondary N) is 1. The van der Waals surface area contributed by atoms with Gasteiger partial charge in [-0.25, -0.2) is 0 Å². The molecule has 24 heavy (non-hydrogen) atoms. The molecule has 0 spiro atoms. The van der Waals surface area contributed by atoms with E-state index in [1.807, 2.05) is 30.3 Å². The number of amides is 1. The number of ether oxygens (including phenoxy) is 1. The van der Waals surface area contributed by atoms with Gasteiger partial charge in [-0.2, -0.15) is 0 Å². The lowest BCUT2D eigenvalue weighted by Crippen LogP contribution is -2.28. The molecule has 1 atom stereocenters. The number of carbonyl (C=O) groups excluding carboxylic acids is 1. The van der Waals surface area contributed by atoms with Crippen LogP contribution in [0, 0.1) is 0 Å². The van der Waals surface area contributed by atoms with Gasteiger partial charge in [-0.1, -0.05) is 25.1 Å². The van der Waals surface area contributed by atoms with Gasteiger partial charge >= 0.3 is 0 Å². The number of hydrogen-bond acceptors (Lipinski definition) is 2. The minimum Gasteiger partial charge on any atom is -0.497 e. The molecule has 0 radical (unpaired) electrons. The Labute approximate surface area is 144 Å². The standard InChI is InChI=1S/C21H25NO2/c1-3-20(16-10-12-19(24-2)13-11-16)22-21(23)18-9-8-15-6-4-5-7-17(15)14-18/h8-14,20H,3-7H2,1-2H3,(H,22,23)/t20-/m0/s1. The van der Waals surface area contributed by atoms with Crippen molar-refractivity contribution in [2.45, 2.75) is 45.1 Å². The maximum absolute atomic E-state index is 12.7. The quantitative estimate of drug-likeness (QED) is 0.882. The van der Waals surface area contributed by atoms with Gasteiger partial charge in [-0.3, -0.25) is 4.79 Å². The average molecular weight is 323 g/mol. The van der Waals surface area contributed by atoms with Crippen molar-refractivity contribution >= 4 is 5.91 Å². The maximum atomic E-state index is 12.7. The highest BCUT2D eigenvalue weighted by Crippen LogP contribution is 2.24. The molecule has 2 aromatic carbocycles. The molecule has 2 aromatic rings. The fraction of sp³-hybridized carbons (Fsp3) is 0.381. The third kappa shape index (κ3) is 3.61. The van der Waals surface area contributed by atoms with E-state index >= 15 is 0 Å². The zero-order valence-corrected chi connectivity index (χ0v) is 14.5. The molecule has 1 amide bonds. The predicted octanol–water partition coefficient (Wildman–Crippen LogP) is 4.46. The Kier molecular flexibility index (Phi) is 5.19. The normalized spacial score (nSPS) is 14.6. The summed E-state index contributed by atoms with van der Waals surface area (Å²) in [4.78, 5) is 12.7. The fourth-order valence-corrected chi connectivity index (χ4v) is 3.37. The summed E-state index contributed by atoms with van der Waals surface area (Å²) in [6.45, 7) is 2.09. The van der Waals surface area contributed by atoms with Gasteiger partial charge in [0.15, 0.2) is 0 Å². The lowest BCUT2D eigenvalue weighted by Gasteiger charge is -2.20. The molecular weight excluding hydrogens is 298 g/mol. The highest BCUT2D eigenvalue weighted by Gasteiger charge is 2.16. The Morgan fingerprint density at radius 3 is 2.46 bits per heavy atom. The molecule has 3 heteroatoms. The van der Waals surface area contributed by atoms with Crippen LogP contribution in [0.4, 0.5) is 0 Å². The lowest BCUT2D eigenvalue weighted by atomic mass is 9.90. The van der Waals surface area contributed by atoms with Gasteiger partial charge < -0.3 is 10.1 Å². The van der Waals surface area contributed by atoms with Crippen LogP contribution in [-0.4, -0.2) is 13.0 Å². The third-order valence-electron chi connectivity index (χ3n) is 4.84. The van der Waals surface area contributed by atoms with E-state index in [0.29, 0.717) is 0 Å². The molecule has 1 aliphatic rings. The lowest BCUT2D eigenvalue weighted by molar-refractivity contribution is 0.0935. The van der Waals surface area contributed by atoms with Crippen LogP contribution in [0.3, 0.4) is 0 Å². The number of methoxy groups -OCH3 is 1. The first-order valence-corrected chi connectivity index (χ1v) is 8.78.